The number of nitrogens with one attached hydrogen (secondary N) is 1. The van der Waals surface area contributed by atoms with Crippen molar-refractivity contribution in [2.45, 2.75) is 64.6 Å². The SMILES string of the molecule is CC(CO)CCCNCC(O)COC1CCC(C)CC1. The van der Waals surface area contributed by atoms with E-state index in [1.165, 1.54) is 12.8 Å². The molecule has 0 aliphatic heterocycles. The number of hydrogen-bond donors (Lipinski definition) is 3. The Kier molecular flexibility index (Phi) is 9.44. The third-order valence-electron chi connectivity index (χ3n) is 4.23. The van der Waals surface area contributed by atoms with Crippen LogP contribution in [0.2, 0.25) is 0 Å². The zero-order valence-electron chi connectivity index (χ0n) is 13.2. The number of rotatable bonds is 10. The molecule has 3 N–H and O–H groups in total. The maximum Gasteiger partial charge on any atom is 0.0897 e. The molecule has 0 aromatic rings. The summed E-state index contributed by atoms with van der Waals surface area (Å²) in [5.74, 6) is 1.21. The van der Waals surface area contributed by atoms with Crippen LogP contribution in [-0.2, 0) is 4.74 Å². The monoisotopic (exact) mass is 287 g/mol. The average Bonchev–Trinajstić information content (AvgIpc) is 2.46. The second kappa shape index (κ2) is 10.6. The molecule has 0 radical (unpaired) electrons. The summed E-state index contributed by atoms with van der Waals surface area (Å²) >= 11 is 0. The highest BCUT2D eigenvalue weighted by Crippen LogP contribution is 2.25. The molecule has 4 heteroatoms. The molecular weight excluding hydrogens is 254 g/mol. The second-order valence-corrected chi connectivity index (χ2v) is 6.50. The molecular formula is C16H33NO3. The first-order valence-corrected chi connectivity index (χ1v) is 8.23. The zero-order chi connectivity index (χ0) is 14.8. The molecule has 1 aliphatic rings. The average molecular weight is 287 g/mol. The van der Waals surface area contributed by atoms with Crippen molar-refractivity contribution in [3.05, 3.63) is 0 Å². The van der Waals surface area contributed by atoms with Crippen molar-refractivity contribution in [2.75, 3.05) is 26.3 Å². The predicted molar refractivity (Wildman–Crippen MR) is 81.7 cm³/mol. The third kappa shape index (κ3) is 8.20. The topological polar surface area (TPSA) is 61.7 Å². The molecule has 0 amide bonds. The van der Waals surface area contributed by atoms with E-state index in [1.807, 2.05) is 6.92 Å². The summed E-state index contributed by atoms with van der Waals surface area (Å²) in [4.78, 5) is 0. The van der Waals surface area contributed by atoms with Gasteiger partial charge < -0.3 is 20.3 Å². The van der Waals surface area contributed by atoms with E-state index in [4.69, 9.17) is 9.84 Å². The molecule has 120 valence electrons. The van der Waals surface area contributed by atoms with Gasteiger partial charge in [-0.05, 0) is 56.9 Å². The van der Waals surface area contributed by atoms with Crippen molar-refractivity contribution in [1.29, 1.82) is 0 Å². The Labute approximate surface area is 123 Å². The van der Waals surface area contributed by atoms with E-state index in [-0.39, 0.29) is 6.61 Å². The molecule has 0 bridgehead atoms. The molecule has 2 unspecified atom stereocenters. The Morgan fingerprint density at radius 2 is 1.95 bits per heavy atom. The summed E-state index contributed by atoms with van der Waals surface area (Å²) in [6.45, 7) is 6.54. The van der Waals surface area contributed by atoms with Crippen molar-refractivity contribution in [2.24, 2.45) is 11.8 Å². The van der Waals surface area contributed by atoms with Crippen LogP contribution in [0.25, 0.3) is 0 Å². The molecule has 0 saturated heterocycles. The Morgan fingerprint density at radius 1 is 1.25 bits per heavy atom. The molecule has 0 aromatic heterocycles. The lowest BCUT2D eigenvalue weighted by molar-refractivity contribution is -0.0277. The van der Waals surface area contributed by atoms with Crippen molar-refractivity contribution in [3.8, 4) is 0 Å². The maximum atomic E-state index is 9.86. The van der Waals surface area contributed by atoms with E-state index in [2.05, 4.69) is 12.2 Å². The number of hydrogen-bond acceptors (Lipinski definition) is 4. The van der Waals surface area contributed by atoms with Gasteiger partial charge in [-0.1, -0.05) is 13.8 Å². The highest BCUT2D eigenvalue weighted by atomic mass is 16.5. The van der Waals surface area contributed by atoms with Gasteiger partial charge in [0.15, 0.2) is 0 Å². The van der Waals surface area contributed by atoms with Crippen LogP contribution in [0.1, 0.15) is 52.4 Å². The highest BCUT2D eigenvalue weighted by Gasteiger charge is 2.19. The first kappa shape index (κ1) is 17.9. The van der Waals surface area contributed by atoms with Crippen LogP contribution in [-0.4, -0.2) is 48.7 Å². The second-order valence-electron chi connectivity index (χ2n) is 6.50. The fourth-order valence-corrected chi connectivity index (χ4v) is 2.64. The fraction of sp³-hybridized carbons (Fsp3) is 1.00. The van der Waals surface area contributed by atoms with Crippen LogP contribution in [0.4, 0.5) is 0 Å². The molecule has 2 atom stereocenters. The standard InChI is InChI=1S/C16H33NO3/c1-13-5-7-16(8-6-13)20-12-15(19)10-17-9-3-4-14(2)11-18/h13-19H,3-12H2,1-2H3. The molecule has 1 rings (SSSR count). The van der Waals surface area contributed by atoms with E-state index in [1.54, 1.807) is 0 Å². The summed E-state index contributed by atoms with van der Waals surface area (Å²) in [7, 11) is 0. The van der Waals surface area contributed by atoms with Crippen LogP contribution < -0.4 is 5.32 Å². The van der Waals surface area contributed by atoms with E-state index < -0.39 is 6.10 Å². The lowest BCUT2D eigenvalue weighted by atomic mass is 9.89. The molecule has 4 nitrogen and oxygen atoms in total. The highest BCUT2D eigenvalue weighted by molar-refractivity contribution is 4.71. The molecule has 1 saturated carbocycles. The van der Waals surface area contributed by atoms with Gasteiger partial charge in [0.05, 0.1) is 18.8 Å². The van der Waals surface area contributed by atoms with Crippen LogP contribution in [0.15, 0.2) is 0 Å². The third-order valence-corrected chi connectivity index (χ3v) is 4.23. The number of aliphatic hydroxyl groups is 2. The first-order chi connectivity index (χ1) is 9.61. The maximum absolute atomic E-state index is 9.86. The Hall–Kier alpha value is -0.160. The van der Waals surface area contributed by atoms with E-state index in [0.717, 1.165) is 38.1 Å². The van der Waals surface area contributed by atoms with Gasteiger partial charge in [-0.15, -0.1) is 0 Å². The minimum Gasteiger partial charge on any atom is -0.396 e. The molecule has 0 aromatic carbocycles. The minimum absolute atomic E-state index is 0.260. The van der Waals surface area contributed by atoms with Crippen molar-refractivity contribution < 1.29 is 14.9 Å². The summed E-state index contributed by atoms with van der Waals surface area (Å²) in [5, 5.41) is 22.0. The van der Waals surface area contributed by atoms with Gasteiger partial charge in [0.25, 0.3) is 0 Å². The van der Waals surface area contributed by atoms with Crippen molar-refractivity contribution in [1.82, 2.24) is 5.32 Å². The van der Waals surface area contributed by atoms with Gasteiger partial charge in [-0.2, -0.15) is 0 Å². The summed E-state index contributed by atoms with van der Waals surface area (Å²) < 4.78 is 5.78. The summed E-state index contributed by atoms with van der Waals surface area (Å²) in [6.07, 6.45) is 6.78. The molecule has 1 aliphatic carbocycles. The van der Waals surface area contributed by atoms with Gasteiger partial charge >= 0.3 is 0 Å². The van der Waals surface area contributed by atoms with Gasteiger partial charge in [0.1, 0.15) is 0 Å². The van der Waals surface area contributed by atoms with Gasteiger partial charge in [-0.25, -0.2) is 0 Å². The van der Waals surface area contributed by atoms with Crippen molar-refractivity contribution in [3.63, 3.8) is 0 Å². The van der Waals surface area contributed by atoms with Crippen LogP contribution in [0.3, 0.4) is 0 Å². The molecule has 1 fully saturated rings. The first-order valence-electron chi connectivity index (χ1n) is 8.23. The smallest absolute Gasteiger partial charge is 0.0897 e. The molecule has 0 spiro atoms. The molecule has 0 heterocycles. The largest absolute Gasteiger partial charge is 0.396 e. The lowest BCUT2D eigenvalue weighted by Crippen LogP contribution is -2.33. The number of aliphatic hydroxyl groups excluding tert-OH is 2. The Balaban J connectivity index is 1.93. The van der Waals surface area contributed by atoms with Gasteiger partial charge in [0, 0.05) is 13.2 Å². The van der Waals surface area contributed by atoms with Crippen LogP contribution in [0, 0.1) is 11.8 Å². The van der Waals surface area contributed by atoms with Crippen molar-refractivity contribution >= 4 is 0 Å². The van der Waals surface area contributed by atoms with Gasteiger partial charge in [0.2, 0.25) is 0 Å². The number of ether oxygens (including phenoxy) is 1. The summed E-state index contributed by atoms with van der Waals surface area (Å²) in [5.41, 5.74) is 0. The van der Waals surface area contributed by atoms with E-state index >= 15 is 0 Å². The predicted octanol–water partition coefficient (Wildman–Crippen LogP) is 1.94. The van der Waals surface area contributed by atoms with Gasteiger partial charge in [-0.3, -0.25) is 0 Å². The lowest BCUT2D eigenvalue weighted by Gasteiger charge is -2.27. The quantitative estimate of drug-likeness (QED) is 0.537. The van der Waals surface area contributed by atoms with Crippen LogP contribution in [0.5, 0.6) is 0 Å². The Bertz CT molecular complexity index is 230. The fourth-order valence-electron chi connectivity index (χ4n) is 2.64. The van der Waals surface area contributed by atoms with Crippen LogP contribution >= 0.6 is 0 Å². The van der Waals surface area contributed by atoms with E-state index in [0.29, 0.717) is 25.2 Å². The zero-order valence-corrected chi connectivity index (χ0v) is 13.2. The molecule has 20 heavy (non-hydrogen) atoms. The Morgan fingerprint density at radius 3 is 2.60 bits per heavy atom. The normalized spacial score (nSPS) is 26.4. The summed E-state index contributed by atoms with van der Waals surface area (Å²) in [6, 6.07) is 0. The van der Waals surface area contributed by atoms with E-state index in [9.17, 15) is 5.11 Å². The minimum atomic E-state index is -0.412.